The van der Waals surface area contributed by atoms with Gasteiger partial charge in [0.05, 0.1) is 5.56 Å². The van der Waals surface area contributed by atoms with Gasteiger partial charge in [0.15, 0.2) is 5.82 Å². The Morgan fingerprint density at radius 3 is 2.86 bits per heavy atom. The van der Waals surface area contributed by atoms with Crippen molar-refractivity contribution >= 4 is 0 Å². The Morgan fingerprint density at radius 2 is 2.24 bits per heavy atom. The van der Waals surface area contributed by atoms with Gasteiger partial charge in [-0.15, -0.1) is 0 Å². The van der Waals surface area contributed by atoms with Gasteiger partial charge in [-0.25, -0.2) is 8.78 Å². The zero-order valence-corrected chi connectivity index (χ0v) is 10.3. The zero-order valence-electron chi connectivity index (χ0n) is 10.3. The van der Waals surface area contributed by atoms with E-state index >= 15 is 0 Å². The van der Waals surface area contributed by atoms with E-state index in [4.69, 9.17) is 9.78 Å². The lowest BCUT2D eigenvalue weighted by atomic mass is 10.3. The molecule has 0 atom stereocenters. The Bertz CT molecular complexity index is 647. The van der Waals surface area contributed by atoms with E-state index in [1.807, 2.05) is 6.07 Å². The zero-order chi connectivity index (χ0) is 15.5. The van der Waals surface area contributed by atoms with E-state index in [0.717, 1.165) is 0 Å². The van der Waals surface area contributed by atoms with Gasteiger partial charge in [0.2, 0.25) is 0 Å². The average Bonchev–Trinajstić information content (AvgIpc) is 3.06. The molecule has 1 N–H and O–H groups in total. The summed E-state index contributed by atoms with van der Waals surface area (Å²) in [5.74, 6) is -4.25. The Balaban J connectivity index is 1.93. The summed E-state index contributed by atoms with van der Waals surface area (Å²) < 4.78 is 58.2. The van der Waals surface area contributed by atoms with E-state index in [1.54, 1.807) is 0 Å². The van der Waals surface area contributed by atoms with Crippen LogP contribution in [0.3, 0.4) is 0 Å². The minimum Gasteiger partial charge on any atom is -0.367 e. The molecular weight excluding hydrogens is 296 g/mol. The molecule has 2 heterocycles. The fraction of sp³-hybridized carbons (Fsp3) is 0.364. The van der Waals surface area contributed by atoms with Crippen LogP contribution in [0.15, 0.2) is 16.8 Å². The monoisotopic (exact) mass is 304 g/mol. The van der Waals surface area contributed by atoms with Crippen LogP contribution in [0.25, 0.3) is 11.5 Å². The third-order valence-electron chi connectivity index (χ3n) is 2.36. The van der Waals surface area contributed by atoms with Crippen molar-refractivity contribution in [1.29, 1.82) is 5.26 Å². The van der Waals surface area contributed by atoms with Gasteiger partial charge in [0.1, 0.15) is 25.0 Å². The SMILES string of the molecule is N#Cc1cc(-c2nc(COCC(F)(F)C(F)F)no2)c[nH]1. The number of aromatic amines is 1. The fourth-order valence-electron chi connectivity index (χ4n) is 1.35. The summed E-state index contributed by atoms with van der Waals surface area (Å²) in [4.78, 5) is 6.46. The Kier molecular flexibility index (Phi) is 4.23. The first-order chi connectivity index (χ1) is 9.92. The van der Waals surface area contributed by atoms with E-state index in [2.05, 4.69) is 19.9 Å². The topological polar surface area (TPSA) is 87.7 Å². The smallest absolute Gasteiger partial charge is 0.330 e. The van der Waals surface area contributed by atoms with Gasteiger partial charge in [-0.2, -0.15) is 19.0 Å². The second-order valence-corrected chi connectivity index (χ2v) is 3.98. The molecular formula is C11H8F4N4O2. The summed E-state index contributed by atoms with van der Waals surface area (Å²) in [7, 11) is 0. The highest BCUT2D eigenvalue weighted by Crippen LogP contribution is 2.23. The number of nitriles is 1. The van der Waals surface area contributed by atoms with Crippen LogP contribution in [0.5, 0.6) is 0 Å². The summed E-state index contributed by atoms with van der Waals surface area (Å²) in [5, 5.41) is 12.1. The largest absolute Gasteiger partial charge is 0.367 e. The summed E-state index contributed by atoms with van der Waals surface area (Å²) in [6.07, 6.45) is -2.36. The van der Waals surface area contributed by atoms with Crippen LogP contribution in [0, 0.1) is 11.3 Å². The van der Waals surface area contributed by atoms with Gasteiger partial charge in [-0.05, 0) is 6.07 Å². The molecule has 0 bridgehead atoms. The molecule has 0 saturated carbocycles. The summed E-state index contributed by atoms with van der Waals surface area (Å²) >= 11 is 0. The predicted molar refractivity (Wildman–Crippen MR) is 59.4 cm³/mol. The lowest BCUT2D eigenvalue weighted by Crippen LogP contribution is -2.32. The van der Waals surface area contributed by atoms with E-state index in [1.165, 1.54) is 12.3 Å². The molecule has 0 aliphatic rings. The second kappa shape index (κ2) is 5.92. The third kappa shape index (κ3) is 3.57. The number of ether oxygens (including phenoxy) is 1. The molecule has 0 saturated heterocycles. The van der Waals surface area contributed by atoms with Crippen molar-refractivity contribution in [3.63, 3.8) is 0 Å². The molecule has 0 amide bonds. The molecule has 0 aromatic carbocycles. The van der Waals surface area contributed by atoms with Crippen LogP contribution in [0.1, 0.15) is 11.5 Å². The molecule has 0 fully saturated rings. The molecule has 2 aromatic heterocycles. The molecule has 0 aliphatic carbocycles. The quantitative estimate of drug-likeness (QED) is 0.828. The van der Waals surface area contributed by atoms with Crippen LogP contribution in [-0.4, -0.2) is 34.1 Å². The maximum Gasteiger partial charge on any atom is 0.330 e. The molecule has 2 aromatic rings. The highest BCUT2D eigenvalue weighted by Gasteiger charge is 2.41. The van der Waals surface area contributed by atoms with Gasteiger partial charge < -0.3 is 14.2 Å². The highest BCUT2D eigenvalue weighted by atomic mass is 19.3. The lowest BCUT2D eigenvalue weighted by molar-refractivity contribution is -0.168. The van der Waals surface area contributed by atoms with Crippen molar-refractivity contribution in [2.75, 3.05) is 6.61 Å². The predicted octanol–water partition coefficient (Wildman–Crippen LogP) is 2.35. The normalized spacial score (nSPS) is 11.8. The number of hydrogen-bond donors (Lipinski definition) is 1. The van der Waals surface area contributed by atoms with Crippen molar-refractivity contribution in [3.05, 3.63) is 23.8 Å². The number of alkyl halides is 4. The van der Waals surface area contributed by atoms with Crippen molar-refractivity contribution in [2.45, 2.75) is 19.0 Å². The standard InChI is InChI=1S/C11H8F4N4O2/c12-10(13)11(14,15)5-20-4-8-18-9(21-19-8)6-1-7(2-16)17-3-6/h1,3,10,17H,4-5H2. The van der Waals surface area contributed by atoms with Gasteiger partial charge in [-0.3, -0.25) is 0 Å². The van der Waals surface area contributed by atoms with Gasteiger partial charge in [0, 0.05) is 6.20 Å². The van der Waals surface area contributed by atoms with E-state index in [0.29, 0.717) is 5.56 Å². The van der Waals surface area contributed by atoms with Gasteiger partial charge >= 0.3 is 12.3 Å². The number of halogens is 4. The molecule has 0 aliphatic heterocycles. The number of hydrogen-bond acceptors (Lipinski definition) is 5. The van der Waals surface area contributed by atoms with Crippen molar-refractivity contribution in [3.8, 4) is 17.5 Å². The number of aromatic nitrogens is 3. The Morgan fingerprint density at radius 1 is 1.48 bits per heavy atom. The number of nitrogens with zero attached hydrogens (tertiary/aromatic N) is 3. The van der Waals surface area contributed by atoms with Crippen LogP contribution in [0.4, 0.5) is 17.6 Å². The van der Waals surface area contributed by atoms with E-state index < -0.39 is 25.6 Å². The maximum absolute atomic E-state index is 12.6. The second-order valence-electron chi connectivity index (χ2n) is 3.98. The summed E-state index contributed by atoms with van der Waals surface area (Å²) in [6, 6.07) is 3.31. The molecule has 0 unspecified atom stereocenters. The van der Waals surface area contributed by atoms with E-state index in [9.17, 15) is 17.6 Å². The summed E-state index contributed by atoms with van der Waals surface area (Å²) in [5.41, 5.74) is 0.709. The molecule has 6 nitrogen and oxygen atoms in total. The minimum absolute atomic E-state index is 0.0481. The van der Waals surface area contributed by atoms with E-state index in [-0.39, 0.29) is 17.4 Å². The van der Waals surface area contributed by atoms with Crippen LogP contribution in [0.2, 0.25) is 0 Å². The van der Waals surface area contributed by atoms with Crippen molar-refractivity contribution in [1.82, 2.24) is 15.1 Å². The van der Waals surface area contributed by atoms with Crippen molar-refractivity contribution < 1.29 is 26.8 Å². The first-order valence-corrected chi connectivity index (χ1v) is 5.57. The van der Waals surface area contributed by atoms with Gasteiger partial charge in [0.25, 0.3) is 5.89 Å². The molecule has 0 spiro atoms. The third-order valence-corrected chi connectivity index (χ3v) is 2.36. The maximum atomic E-state index is 12.6. The Hall–Kier alpha value is -2.41. The molecule has 0 radical (unpaired) electrons. The average molecular weight is 304 g/mol. The molecule has 21 heavy (non-hydrogen) atoms. The molecule has 10 heteroatoms. The number of nitrogens with one attached hydrogen (secondary N) is 1. The molecule has 112 valence electrons. The fourth-order valence-corrected chi connectivity index (χ4v) is 1.35. The minimum atomic E-state index is -4.23. The molecule has 2 rings (SSSR count). The van der Waals surface area contributed by atoms with Crippen LogP contribution >= 0.6 is 0 Å². The van der Waals surface area contributed by atoms with Crippen LogP contribution in [-0.2, 0) is 11.3 Å². The number of H-pyrrole nitrogens is 1. The van der Waals surface area contributed by atoms with Gasteiger partial charge in [-0.1, -0.05) is 5.16 Å². The first kappa shape index (κ1) is 15.0. The Labute approximate surface area is 115 Å². The summed E-state index contributed by atoms with van der Waals surface area (Å²) in [6.45, 7) is -1.95. The highest BCUT2D eigenvalue weighted by molar-refractivity contribution is 5.54. The number of rotatable bonds is 6. The van der Waals surface area contributed by atoms with Crippen molar-refractivity contribution in [2.24, 2.45) is 0 Å². The van der Waals surface area contributed by atoms with Crippen LogP contribution < -0.4 is 0 Å². The lowest BCUT2D eigenvalue weighted by Gasteiger charge is -2.14. The first-order valence-electron chi connectivity index (χ1n) is 5.57.